The second kappa shape index (κ2) is 20.5. The van der Waals surface area contributed by atoms with Crippen LogP contribution in [0, 0.1) is 33.8 Å². The molecule has 5 unspecified atom stereocenters. The van der Waals surface area contributed by atoms with Crippen LogP contribution >= 0.6 is 0 Å². The van der Waals surface area contributed by atoms with Crippen LogP contribution in [0.3, 0.4) is 0 Å². The Kier molecular flexibility index (Phi) is 17.0. The van der Waals surface area contributed by atoms with Crippen LogP contribution in [0.2, 0.25) is 21.7 Å². The van der Waals surface area contributed by atoms with Gasteiger partial charge in [-0.25, -0.2) is 0 Å². The minimum absolute atomic E-state index is 0.0153. The maximum absolute atomic E-state index is 4.88. The monoisotopic (exact) mass is 905 g/mol. The first-order valence-electron chi connectivity index (χ1n) is 24.8. The molecule has 5 atom stereocenters. The molecule has 0 spiro atoms. The summed E-state index contributed by atoms with van der Waals surface area (Å²) in [5.74, 6) is 7.72. The maximum atomic E-state index is 4.88. The van der Waals surface area contributed by atoms with E-state index in [1.54, 1.807) is 5.19 Å². The van der Waals surface area contributed by atoms with Crippen molar-refractivity contribution >= 4 is 45.7 Å². The summed E-state index contributed by atoms with van der Waals surface area (Å²) >= 11 is 0. The zero-order valence-electron chi connectivity index (χ0n) is 44.0. The molecule has 0 heterocycles. The number of hydrogen-bond acceptors (Lipinski definition) is 0. The third-order valence-corrected chi connectivity index (χ3v) is 30.7. The van der Waals surface area contributed by atoms with E-state index in [0.717, 1.165) is 25.7 Å². The molecule has 0 aliphatic rings. The van der Waals surface area contributed by atoms with Crippen LogP contribution in [0.4, 0.5) is 0 Å². The van der Waals surface area contributed by atoms with Gasteiger partial charge in [0.15, 0.2) is 8.07 Å². The molecule has 0 nitrogen and oxygen atoms in total. The molecule has 0 radical (unpaired) electrons. The van der Waals surface area contributed by atoms with Gasteiger partial charge in [0.1, 0.15) is 0 Å². The van der Waals surface area contributed by atoms with Gasteiger partial charge in [-0.2, -0.15) is 0 Å². The fraction of sp³-hybridized carbons (Fsp3) is 0.508. The third-order valence-electron chi connectivity index (χ3n) is 16.0. The van der Waals surface area contributed by atoms with Crippen LogP contribution < -0.4 is 20.7 Å². The van der Waals surface area contributed by atoms with E-state index in [4.69, 9.17) is 6.58 Å². The fourth-order valence-corrected chi connectivity index (χ4v) is 22.7. The van der Waals surface area contributed by atoms with Crippen molar-refractivity contribution in [2.24, 2.45) is 10.8 Å². The number of rotatable bonds is 16. The lowest BCUT2D eigenvalue weighted by atomic mass is 9.86. The van der Waals surface area contributed by atoms with Gasteiger partial charge >= 0.3 is 0 Å². The zero-order chi connectivity index (χ0) is 48.0. The second-order valence-corrected chi connectivity index (χ2v) is 35.7. The lowest BCUT2D eigenvalue weighted by Gasteiger charge is -2.46. The van der Waals surface area contributed by atoms with Crippen molar-refractivity contribution in [3.05, 3.63) is 120 Å². The van der Waals surface area contributed by atoms with E-state index < -0.39 is 24.9 Å². The van der Waals surface area contributed by atoms with Crippen molar-refractivity contribution in [1.82, 2.24) is 0 Å². The Labute approximate surface area is 398 Å². The lowest BCUT2D eigenvalue weighted by Crippen LogP contribution is -2.63. The van der Waals surface area contributed by atoms with E-state index in [2.05, 4.69) is 250 Å². The van der Waals surface area contributed by atoms with E-state index in [-0.39, 0.29) is 26.3 Å². The first kappa shape index (κ1) is 53.0. The number of benzene rings is 4. The van der Waals surface area contributed by atoms with E-state index >= 15 is 0 Å². The molecule has 0 aliphatic heterocycles. The molecule has 0 N–H and O–H groups in total. The Bertz CT molecular complexity index is 2270. The summed E-state index contributed by atoms with van der Waals surface area (Å²) in [7, 11) is -6.43. The average Bonchev–Trinajstić information content (AvgIpc) is 3.26. The van der Waals surface area contributed by atoms with Gasteiger partial charge in [0.05, 0.1) is 8.80 Å². The Morgan fingerprint density at radius 1 is 0.562 bits per heavy atom. The van der Waals surface area contributed by atoms with Crippen LogP contribution in [0.15, 0.2) is 115 Å². The summed E-state index contributed by atoms with van der Waals surface area (Å²) in [6.07, 6.45) is 8.03. The Hall–Kier alpha value is -3.61. The van der Waals surface area contributed by atoms with E-state index in [0.29, 0.717) is 5.04 Å². The second-order valence-electron chi connectivity index (χ2n) is 23.4. The molecule has 0 bridgehead atoms. The van der Waals surface area contributed by atoms with Gasteiger partial charge in [0.2, 0.25) is 8.07 Å². The first-order chi connectivity index (χ1) is 29.7. The van der Waals surface area contributed by atoms with E-state index in [1.807, 2.05) is 0 Å². The summed E-state index contributed by atoms with van der Waals surface area (Å²) in [6, 6.07) is 40.0. The minimum Gasteiger partial charge on any atom is -0.119 e. The number of hydrogen-bond donors (Lipinski definition) is 0. The molecule has 4 rings (SSSR count). The highest BCUT2D eigenvalue weighted by Crippen LogP contribution is 2.50. The normalized spacial score (nSPS) is 16.7. The largest absolute Gasteiger partial charge is 0.204 e. The molecule has 0 saturated carbocycles. The first-order valence-corrected chi connectivity index (χ1v) is 31.1. The standard InChI is InChI=1S/C61H88Si3/c1-20-59(16,21-2)45-47-63(48(5)6,61(18,23-4)43-27-42-60(17,22-3)62(19)52-36-34-51(35-37-52)57(10,11)12)54-38-30-49(31-39-54)50-32-40-55(41-33-50)64(58(13,14)15,46-44-56(7,8)9)53-28-25-24-26-29-53/h24-26,28-41,62H,5,20-23,27,42-43H2,1-4,6-19H3. The molecule has 4 aromatic rings. The van der Waals surface area contributed by atoms with Crippen LogP contribution in [0.1, 0.15) is 168 Å². The van der Waals surface area contributed by atoms with Crippen molar-refractivity contribution in [3.63, 3.8) is 0 Å². The molecule has 4 aromatic carbocycles. The Morgan fingerprint density at radius 3 is 1.48 bits per heavy atom. The Morgan fingerprint density at radius 2 is 1.06 bits per heavy atom. The molecular formula is C61H88Si3. The maximum Gasteiger partial charge on any atom is 0.204 e. The van der Waals surface area contributed by atoms with Crippen molar-refractivity contribution < 1.29 is 0 Å². The molecule has 344 valence electrons. The van der Waals surface area contributed by atoms with Crippen LogP contribution in [0.5, 0.6) is 0 Å². The molecule has 0 amide bonds. The minimum atomic E-state index is -2.66. The molecule has 0 fully saturated rings. The molecule has 0 aliphatic carbocycles. The van der Waals surface area contributed by atoms with Gasteiger partial charge in [-0.15, -0.1) is 29.5 Å². The van der Waals surface area contributed by atoms with Crippen molar-refractivity contribution in [2.75, 3.05) is 0 Å². The average molecular weight is 906 g/mol. The number of allylic oxidation sites excluding steroid dienone is 1. The van der Waals surface area contributed by atoms with Crippen LogP contribution in [-0.4, -0.2) is 24.9 Å². The summed E-state index contributed by atoms with van der Waals surface area (Å²) in [6.45, 7) is 47.6. The highest BCUT2D eigenvalue weighted by Gasteiger charge is 2.51. The van der Waals surface area contributed by atoms with E-state index in [9.17, 15) is 0 Å². The van der Waals surface area contributed by atoms with Gasteiger partial charge in [-0.3, -0.25) is 0 Å². The summed E-state index contributed by atoms with van der Waals surface area (Å²) in [5.41, 5.74) is 12.2. The summed E-state index contributed by atoms with van der Waals surface area (Å²) < 4.78 is 0. The highest BCUT2D eigenvalue weighted by atomic mass is 28.3. The molecule has 0 saturated heterocycles. The van der Waals surface area contributed by atoms with Gasteiger partial charge in [-0.05, 0) is 107 Å². The molecule has 64 heavy (non-hydrogen) atoms. The third kappa shape index (κ3) is 11.3. The van der Waals surface area contributed by atoms with Gasteiger partial charge in [0, 0.05) is 10.8 Å². The molecule has 3 heteroatoms. The topological polar surface area (TPSA) is 0 Å². The van der Waals surface area contributed by atoms with Crippen LogP contribution in [0.25, 0.3) is 11.1 Å². The van der Waals surface area contributed by atoms with Crippen molar-refractivity contribution in [3.8, 4) is 34.1 Å². The smallest absolute Gasteiger partial charge is 0.119 e. The predicted octanol–water partition coefficient (Wildman–Crippen LogP) is 15.0. The van der Waals surface area contributed by atoms with Gasteiger partial charge < -0.3 is 0 Å². The summed E-state index contributed by atoms with van der Waals surface area (Å²) in [4.78, 5) is 0. The lowest BCUT2D eigenvalue weighted by molar-refractivity contribution is 0.415. The van der Waals surface area contributed by atoms with Crippen molar-refractivity contribution in [2.45, 2.75) is 190 Å². The SMILES string of the molecule is C=C(C)[Si](C#CC(C)(CC)CC)(c1ccc(-c2ccc([Si](C#CC(C)(C)C)(c3ccccc3)C(C)(C)C)cc2)cc1)C(C)(CC)CCCC(C)(CC)[SiH](C)c1ccc(C(C)(C)C)cc1. The highest BCUT2D eigenvalue weighted by molar-refractivity contribution is 7.10. The predicted molar refractivity (Wildman–Crippen MR) is 296 cm³/mol. The van der Waals surface area contributed by atoms with Gasteiger partial charge in [-0.1, -0.05) is 229 Å². The molecule has 0 aromatic heterocycles. The van der Waals surface area contributed by atoms with Crippen LogP contribution in [-0.2, 0) is 5.41 Å². The van der Waals surface area contributed by atoms with E-state index in [1.165, 1.54) is 56.7 Å². The summed E-state index contributed by atoms with van der Waals surface area (Å²) in [5, 5.41) is 7.39. The van der Waals surface area contributed by atoms with Crippen molar-refractivity contribution in [1.29, 1.82) is 0 Å². The zero-order valence-corrected chi connectivity index (χ0v) is 47.2. The Balaban J connectivity index is 1.79. The quantitative estimate of drug-likeness (QED) is 0.0776. The fourth-order valence-electron chi connectivity index (χ4n) is 10.2. The van der Waals surface area contributed by atoms with Gasteiger partial charge in [0.25, 0.3) is 0 Å². The molecular weight excluding hydrogens is 817 g/mol.